The highest BCUT2D eigenvalue weighted by atomic mass is 16.5. The van der Waals surface area contributed by atoms with Crippen molar-refractivity contribution in [2.75, 3.05) is 45.9 Å². The Labute approximate surface area is 144 Å². The minimum Gasteiger partial charge on any atom is -0.379 e. The van der Waals surface area contributed by atoms with Crippen LogP contribution in [0.15, 0.2) is 0 Å². The van der Waals surface area contributed by atoms with Gasteiger partial charge in [0.25, 0.3) is 0 Å². The number of ether oxygens (including phenoxy) is 1. The topological polar surface area (TPSA) is 61.9 Å². The highest BCUT2D eigenvalue weighted by Gasteiger charge is 2.37. The van der Waals surface area contributed by atoms with Crippen LogP contribution in [0.3, 0.4) is 0 Å². The molecule has 2 aliphatic heterocycles. The fourth-order valence-corrected chi connectivity index (χ4v) is 4.14. The predicted octanol–water partition coefficient (Wildman–Crippen LogP) is 1.01. The van der Waals surface area contributed by atoms with Gasteiger partial charge in [-0.25, -0.2) is 0 Å². The molecule has 136 valence electrons. The first-order valence-electron chi connectivity index (χ1n) is 9.61. The zero-order valence-electron chi connectivity index (χ0n) is 14.7. The maximum atomic E-state index is 12.3. The third-order valence-electron chi connectivity index (χ3n) is 5.60. The number of nitrogens with zero attached hydrogens (tertiary/aromatic N) is 2. The van der Waals surface area contributed by atoms with Gasteiger partial charge in [-0.05, 0) is 25.8 Å². The minimum absolute atomic E-state index is 0.0589. The summed E-state index contributed by atoms with van der Waals surface area (Å²) in [7, 11) is 0. The van der Waals surface area contributed by atoms with Crippen LogP contribution in [0.1, 0.15) is 44.9 Å². The van der Waals surface area contributed by atoms with Crippen LogP contribution >= 0.6 is 0 Å². The van der Waals surface area contributed by atoms with E-state index < -0.39 is 0 Å². The van der Waals surface area contributed by atoms with Crippen LogP contribution in [-0.4, -0.2) is 73.6 Å². The SMILES string of the molecule is O=C(NCCCN1CCOCC1)[C@@H]1CC(=O)N(C2CCCCC2)C1. The summed E-state index contributed by atoms with van der Waals surface area (Å²) in [6, 6.07) is 0.380. The molecule has 0 aromatic heterocycles. The van der Waals surface area contributed by atoms with Gasteiger partial charge >= 0.3 is 0 Å². The molecule has 6 heteroatoms. The Morgan fingerprint density at radius 1 is 1.17 bits per heavy atom. The number of hydrogen-bond acceptors (Lipinski definition) is 4. The minimum atomic E-state index is -0.150. The molecule has 1 saturated carbocycles. The van der Waals surface area contributed by atoms with Gasteiger partial charge < -0.3 is 15.0 Å². The Balaban J connectivity index is 1.35. The molecule has 0 radical (unpaired) electrons. The fourth-order valence-electron chi connectivity index (χ4n) is 4.14. The van der Waals surface area contributed by atoms with E-state index in [0.29, 0.717) is 25.6 Å². The van der Waals surface area contributed by atoms with Gasteiger partial charge in [-0.2, -0.15) is 0 Å². The van der Waals surface area contributed by atoms with Crippen molar-refractivity contribution < 1.29 is 14.3 Å². The molecule has 2 heterocycles. The van der Waals surface area contributed by atoms with Crippen molar-refractivity contribution in [1.82, 2.24) is 15.1 Å². The zero-order valence-corrected chi connectivity index (χ0v) is 14.7. The maximum absolute atomic E-state index is 12.3. The molecule has 0 spiro atoms. The van der Waals surface area contributed by atoms with E-state index in [0.717, 1.165) is 52.1 Å². The lowest BCUT2D eigenvalue weighted by atomic mass is 9.94. The van der Waals surface area contributed by atoms with Crippen molar-refractivity contribution in [3.05, 3.63) is 0 Å². The number of nitrogens with one attached hydrogen (secondary N) is 1. The van der Waals surface area contributed by atoms with Gasteiger partial charge in [0.05, 0.1) is 19.1 Å². The first-order valence-corrected chi connectivity index (χ1v) is 9.61. The first-order chi connectivity index (χ1) is 11.7. The van der Waals surface area contributed by atoms with Gasteiger partial charge in [0.1, 0.15) is 0 Å². The van der Waals surface area contributed by atoms with E-state index in [1.165, 1.54) is 19.3 Å². The number of rotatable bonds is 6. The lowest BCUT2D eigenvalue weighted by Crippen LogP contribution is -2.40. The highest BCUT2D eigenvalue weighted by Crippen LogP contribution is 2.28. The predicted molar refractivity (Wildman–Crippen MR) is 91.6 cm³/mol. The van der Waals surface area contributed by atoms with E-state index in [1.807, 2.05) is 4.90 Å². The van der Waals surface area contributed by atoms with E-state index in [4.69, 9.17) is 4.74 Å². The Kier molecular flexibility index (Phi) is 6.49. The number of hydrogen-bond donors (Lipinski definition) is 1. The molecule has 1 atom stereocenters. The second-order valence-corrected chi connectivity index (χ2v) is 7.34. The molecule has 6 nitrogen and oxygen atoms in total. The van der Waals surface area contributed by atoms with E-state index in [9.17, 15) is 9.59 Å². The van der Waals surface area contributed by atoms with Crippen molar-refractivity contribution in [1.29, 1.82) is 0 Å². The molecule has 0 unspecified atom stereocenters. The summed E-state index contributed by atoms with van der Waals surface area (Å²) < 4.78 is 5.33. The van der Waals surface area contributed by atoms with Gasteiger partial charge in [0, 0.05) is 38.6 Å². The molecule has 3 rings (SSSR count). The summed E-state index contributed by atoms with van der Waals surface area (Å²) in [5.74, 6) is 0.0850. The van der Waals surface area contributed by atoms with Gasteiger partial charge in [-0.3, -0.25) is 14.5 Å². The molecule has 24 heavy (non-hydrogen) atoms. The number of carbonyl (C=O) groups is 2. The van der Waals surface area contributed by atoms with Crippen LogP contribution in [0.5, 0.6) is 0 Å². The second-order valence-electron chi connectivity index (χ2n) is 7.34. The van der Waals surface area contributed by atoms with E-state index >= 15 is 0 Å². The Morgan fingerprint density at radius 2 is 1.92 bits per heavy atom. The van der Waals surface area contributed by atoms with Crippen LogP contribution in [0.4, 0.5) is 0 Å². The summed E-state index contributed by atoms with van der Waals surface area (Å²) in [4.78, 5) is 29.0. The smallest absolute Gasteiger partial charge is 0.225 e. The number of likely N-dealkylation sites (tertiary alicyclic amines) is 1. The zero-order chi connectivity index (χ0) is 16.8. The van der Waals surface area contributed by atoms with Crippen LogP contribution in [0, 0.1) is 5.92 Å². The Hall–Kier alpha value is -1.14. The molecule has 2 saturated heterocycles. The maximum Gasteiger partial charge on any atom is 0.225 e. The summed E-state index contributed by atoms with van der Waals surface area (Å²) in [5.41, 5.74) is 0. The van der Waals surface area contributed by atoms with Crippen LogP contribution < -0.4 is 5.32 Å². The Bertz CT molecular complexity index is 431. The van der Waals surface area contributed by atoms with E-state index in [1.54, 1.807) is 0 Å². The summed E-state index contributed by atoms with van der Waals surface area (Å²) in [6.07, 6.45) is 7.29. The third kappa shape index (κ3) is 4.70. The number of amides is 2. The molecule has 1 aliphatic carbocycles. The molecular formula is C18H31N3O3. The van der Waals surface area contributed by atoms with Gasteiger partial charge in [0.15, 0.2) is 0 Å². The monoisotopic (exact) mass is 337 g/mol. The number of carbonyl (C=O) groups excluding carboxylic acids is 2. The molecule has 0 bridgehead atoms. The third-order valence-corrected chi connectivity index (χ3v) is 5.60. The van der Waals surface area contributed by atoms with E-state index in [2.05, 4.69) is 10.2 Å². The largest absolute Gasteiger partial charge is 0.379 e. The van der Waals surface area contributed by atoms with Crippen LogP contribution in [-0.2, 0) is 14.3 Å². The second kappa shape index (κ2) is 8.81. The average molecular weight is 337 g/mol. The standard InChI is InChI=1S/C18H31N3O3/c22-17-13-15(14-21(17)16-5-2-1-3-6-16)18(23)19-7-4-8-20-9-11-24-12-10-20/h15-16H,1-14H2,(H,19,23)/t15-/m1/s1. The van der Waals surface area contributed by atoms with Crippen molar-refractivity contribution in [3.8, 4) is 0 Å². The quantitative estimate of drug-likeness (QED) is 0.735. The first kappa shape index (κ1) is 17.7. The van der Waals surface area contributed by atoms with E-state index in [-0.39, 0.29) is 17.7 Å². The van der Waals surface area contributed by atoms with Crippen molar-refractivity contribution in [2.24, 2.45) is 5.92 Å². The summed E-state index contributed by atoms with van der Waals surface area (Å²) >= 11 is 0. The summed E-state index contributed by atoms with van der Waals surface area (Å²) in [6.45, 7) is 5.93. The van der Waals surface area contributed by atoms with Crippen LogP contribution in [0.25, 0.3) is 0 Å². The molecule has 0 aromatic rings. The lowest BCUT2D eigenvalue weighted by Gasteiger charge is -2.31. The van der Waals surface area contributed by atoms with Gasteiger partial charge in [-0.1, -0.05) is 19.3 Å². The Morgan fingerprint density at radius 3 is 2.67 bits per heavy atom. The molecule has 2 amide bonds. The molecule has 0 aromatic carbocycles. The molecular weight excluding hydrogens is 306 g/mol. The van der Waals surface area contributed by atoms with Crippen molar-refractivity contribution in [2.45, 2.75) is 51.0 Å². The van der Waals surface area contributed by atoms with Crippen molar-refractivity contribution >= 4 is 11.8 Å². The molecule has 3 aliphatic rings. The number of morpholine rings is 1. The van der Waals surface area contributed by atoms with Gasteiger partial charge in [-0.15, -0.1) is 0 Å². The fraction of sp³-hybridized carbons (Fsp3) is 0.889. The van der Waals surface area contributed by atoms with Crippen molar-refractivity contribution in [3.63, 3.8) is 0 Å². The van der Waals surface area contributed by atoms with Gasteiger partial charge in [0.2, 0.25) is 11.8 Å². The highest BCUT2D eigenvalue weighted by molar-refractivity contribution is 5.89. The average Bonchev–Trinajstić information content (AvgIpc) is 3.02. The lowest BCUT2D eigenvalue weighted by molar-refractivity contribution is -0.130. The normalized spacial score (nSPS) is 26.8. The van der Waals surface area contributed by atoms with Crippen LogP contribution in [0.2, 0.25) is 0 Å². The molecule has 1 N–H and O–H groups in total. The summed E-state index contributed by atoms with van der Waals surface area (Å²) in [5, 5.41) is 3.03. The molecule has 3 fully saturated rings.